The van der Waals surface area contributed by atoms with E-state index in [1.165, 1.54) is 6.33 Å². The fraction of sp³-hybridized carbons (Fsp3) is 0.286. The van der Waals surface area contributed by atoms with E-state index in [2.05, 4.69) is 9.97 Å². The Morgan fingerprint density at radius 1 is 1.11 bits per heavy atom. The van der Waals surface area contributed by atoms with Gasteiger partial charge < -0.3 is 15.2 Å². The number of benzene rings is 1. The van der Waals surface area contributed by atoms with E-state index in [4.69, 9.17) is 15.2 Å². The molecule has 0 amide bonds. The highest BCUT2D eigenvalue weighted by molar-refractivity contribution is 5.74. The Morgan fingerprint density at radius 2 is 1.79 bits per heavy atom. The van der Waals surface area contributed by atoms with Crippen LogP contribution < -0.4 is 15.2 Å². The summed E-state index contributed by atoms with van der Waals surface area (Å²) in [6.07, 6.45) is 4.95. The smallest absolute Gasteiger partial charge is 0.168 e. The van der Waals surface area contributed by atoms with Gasteiger partial charge in [0.05, 0.1) is 14.2 Å². The van der Waals surface area contributed by atoms with Gasteiger partial charge in [0.1, 0.15) is 6.33 Å². The van der Waals surface area contributed by atoms with Crippen molar-refractivity contribution in [3.05, 3.63) is 36.4 Å². The monoisotopic (exact) mass is 259 g/mol. The molecule has 0 radical (unpaired) electrons. The molecule has 0 bridgehead atoms. The van der Waals surface area contributed by atoms with E-state index in [9.17, 15) is 0 Å². The van der Waals surface area contributed by atoms with E-state index < -0.39 is 0 Å². The molecule has 0 aliphatic rings. The molecule has 2 aromatic rings. The number of hydrogen-bond acceptors (Lipinski definition) is 5. The fourth-order valence-corrected chi connectivity index (χ4v) is 1.90. The van der Waals surface area contributed by atoms with Gasteiger partial charge in [-0.05, 0) is 24.6 Å². The van der Waals surface area contributed by atoms with Crippen molar-refractivity contribution in [1.29, 1.82) is 0 Å². The Balaban J connectivity index is 2.66. The lowest BCUT2D eigenvalue weighted by atomic mass is 10.0. The third-order valence-electron chi connectivity index (χ3n) is 2.90. The predicted molar refractivity (Wildman–Crippen MR) is 73.2 cm³/mol. The van der Waals surface area contributed by atoms with Crippen molar-refractivity contribution < 1.29 is 9.47 Å². The van der Waals surface area contributed by atoms with Crippen molar-refractivity contribution in [3.63, 3.8) is 0 Å². The highest BCUT2D eigenvalue weighted by Gasteiger charge is 2.15. The molecule has 100 valence electrons. The number of ether oxygens (including phenoxy) is 2. The zero-order valence-electron chi connectivity index (χ0n) is 11.3. The summed E-state index contributed by atoms with van der Waals surface area (Å²) in [5.41, 5.74) is 8.65. The first kappa shape index (κ1) is 13.3. The molecule has 19 heavy (non-hydrogen) atoms. The Bertz CT molecular complexity index is 556. The molecule has 0 aliphatic heterocycles. The number of nitrogens with two attached hydrogens (primary N) is 1. The van der Waals surface area contributed by atoms with E-state index in [0.29, 0.717) is 11.5 Å². The third-order valence-corrected chi connectivity index (χ3v) is 2.90. The minimum Gasteiger partial charge on any atom is -0.493 e. The molecule has 5 heteroatoms. The number of hydrogen-bond donors (Lipinski definition) is 1. The van der Waals surface area contributed by atoms with Gasteiger partial charge >= 0.3 is 0 Å². The van der Waals surface area contributed by atoms with Crippen LogP contribution in [0.15, 0.2) is 30.9 Å². The van der Waals surface area contributed by atoms with Gasteiger partial charge in [-0.15, -0.1) is 0 Å². The minimum atomic E-state index is -0.0943. The first-order chi connectivity index (χ1) is 9.17. The van der Waals surface area contributed by atoms with Gasteiger partial charge in [-0.3, -0.25) is 0 Å². The summed E-state index contributed by atoms with van der Waals surface area (Å²) >= 11 is 0. The van der Waals surface area contributed by atoms with Crippen LogP contribution in [0.3, 0.4) is 0 Å². The highest BCUT2D eigenvalue weighted by Crippen LogP contribution is 2.39. The van der Waals surface area contributed by atoms with Gasteiger partial charge in [0.25, 0.3) is 0 Å². The Morgan fingerprint density at radius 3 is 2.32 bits per heavy atom. The standard InChI is InChI=1S/C14H17N3O2/c1-9(15)10-4-12(11-6-16-8-17-7-11)14(19-3)13(5-10)18-2/h4-9H,15H2,1-3H3. The zero-order chi connectivity index (χ0) is 13.8. The van der Waals surface area contributed by atoms with Crippen LogP contribution in [0.2, 0.25) is 0 Å². The van der Waals surface area contributed by atoms with Crippen molar-refractivity contribution in [2.45, 2.75) is 13.0 Å². The predicted octanol–water partition coefficient (Wildman–Crippen LogP) is 2.18. The number of aromatic nitrogens is 2. The third kappa shape index (κ3) is 2.66. The van der Waals surface area contributed by atoms with Crippen molar-refractivity contribution in [3.8, 4) is 22.6 Å². The van der Waals surface area contributed by atoms with Crippen LogP contribution in [-0.2, 0) is 0 Å². The molecule has 2 N–H and O–H groups in total. The summed E-state index contributed by atoms with van der Waals surface area (Å²) in [5.74, 6) is 1.30. The Hall–Kier alpha value is -2.14. The molecule has 2 rings (SSSR count). The molecule has 1 unspecified atom stereocenters. The molecule has 0 fully saturated rings. The molecule has 0 saturated carbocycles. The van der Waals surface area contributed by atoms with Crippen molar-refractivity contribution in [1.82, 2.24) is 9.97 Å². The summed E-state index contributed by atoms with van der Waals surface area (Å²) in [4.78, 5) is 8.06. The van der Waals surface area contributed by atoms with Crippen LogP contribution in [0, 0.1) is 0 Å². The molecule has 1 atom stereocenters. The highest BCUT2D eigenvalue weighted by atomic mass is 16.5. The zero-order valence-corrected chi connectivity index (χ0v) is 11.3. The van der Waals surface area contributed by atoms with Crippen LogP contribution in [-0.4, -0.2) is 24.2 Å². The quantitative estimate of drug-likeness (QED) is 0.911. The van der Waals surface area contributed by atoms with Crippen LogP contribution in [0.25, 0.3) is 11.1 Å². The van der Waals surface area contributed by atoms with Gasteiger partial charge in [0, 0.05) is 29.6 Å². The number of methoxy groups -OCH3 is 2. The average molecular weight is 259 g/mol. The summed E-state index contributed by atoms with van der Waals surface area (Å²) < 4.78 is 10.8. The molecule has 5 nitrogen and oxygen atoms in total. The summed E-state index contributed by atoms with van der Waals surface area (Å²) in [7, 11) is 3.21. The molecule has 1 aromatic carbocycles. The van der Waals surface area contributed by atoms with E-state index in [1.807, 2.05) is 19.1 Å². The van der Waals surface area contributed by atoms with Crippen molar-refractivity contribution in [2.75, 3.05) is 14.2 Å². The molecule has 0 saturated heterocycles. The summed E-state index contributed by atoms with van der Waals surface area (Å²) in [5, 5.41) is 0. The maximum atomic E-state index is 5.95. The van der Waals surface area contributed by atoms with Gasteiger partial charge in [-0.25, -0.2) is 9.97 Å². The normalized spacial score (nSPS) is 12.0. The summed E-state index contributed by atoms with van der Waals surface area (Å²) in [6, 6.07) is 3.77. The maximum absolute atomic E-state index is 5.95. The van der Waals surface area contributed by atoms with E-state index >= 15 is 0 Å². The molecule has 0 spiro atoms. The van der Waals surface area contributed by atoms with E-state index in [1.54, 1.807) is 26.6 Å². The first-order valence-corrected chi connectivity index (χ1v) is 5.94. The van der Waals surface area contributed by atoms with E-state index in [0.717, 1.165) is 16.7 Å². The van der Waals surface area contributed by atoms with E-state index in [-0.39, 0.29) is 6.04 Å². The van der Waals surface area contributed by atoms with Crippen LogP contribution in [0.5, 0.6) is 11.5 Å². The largest absolute Gasteiger partial charge is 0.493 e. The SMILES string of the molecule is COc1cc(C(C)N)cc(-c2cncnc2)c1OC. The number of nitrogens with zero attached hydrogens (tertiary/aromatic N) is 2. The van der Waals surface area contributed by atoms with Crippen LogP contribution in [0.4, 0.5) is 0 Å². The van der Waals surface area contributed by atoms with Crippen molar-refractivity contribution in [2.24, 2.45) is 5.73 Å². The minimum absolute atomic E-state index is 0.0943. The molecule has 1 aromatic heterocycles. The lowest BCUT2D eigenvalue weighted by molar-refractivity contribution is 0.355. The molecule has 0 aliphatic carbocycles. The molecular weight excluding hydrogens is 242 g/mol. The lowest BCUT2D eigenvalue weighted by Gasteiger charge is -2.16. The topological polar surface area (TPSA) is 70.3 Å². The van der Waals surface area contributed by atoms with Crippen LogP contribution in [0.1, 0.15) is 18.5 Å². The number of rotatable bonds is 4. The first-order valence-electron chi connectivity index (χ1n) is 5.94. The fourth-order valence-electron chi connectivity index (χ4n) is 1.90. The Kier molecular flexibility index (Phi) is 3.97. The second-order valence-corrected chi connectivity index (χ2v) is 4.22. The van der Waals surface area contributed by atoms with Gasteiger partial charge in [-0.2, -0.15) is 0 Å². The summed E-state index contributed by atoms with van der Waals surface area (Å²) in [6.45, 7) is 1.92. The van der Waals surface area contributed by atoms with Crippen LogP contribution >= 0.6 is 0 Å². The molecule has 1 heterocycles. The Labute approximate surface area is 112 Å². The maximum Gasteiger partial charge on any atom is 0.168 e. The second kappa shape index (κ2) is 5.67. The van der Waals surface area contributed by atoms with Gasteiger partial charge in [-0.1, -0.05) is 0 Å². The van der Waals surface area contributed by atoms with Gasteiger partial charge in [0.2, 0.25) is 0 Å². The van der Waals surface area contributed by atoms with Gasteiger partial charge in [0.15, 0.2) is 11.5 Å². The molecular formula is C14H17N3O2. The average Bonchev–Trinajstić information content (AvgIpc) is 2.46. The lowest BCUT2D eigenvalue weighted by Crippen LogP contribution is -2.06. The second-order valence-electron chi connectivity index (χ2n) is 4.22. The van der Waals surface area contributed by atoms with Crippen molar-refractivity contribution >= 4 is 0 Å².